The lowest BCUT2D eigenvalue weighted by Gasteiger charge is -2.34. The highest BCUT2D eigenvalue weighted by Crippen LogP contribution is 2.34. The Labute approximate surface area is 101 Å². The third kappa shape index (κ3) is 2.69. The minimum Gasteiger partial charge on any atom is -0.380 e. The zero-order valence-corrected chi connectivity index (χ0v) is 9.44. The van der Waals surface area contributed by atoms with Crippen molar-refractivity contribution < 1.29 is 27.8 Å². The van der Waals surface area contributed by atoms with E-state index in [1.54, 1.807) is 0 Å². The quantitative estimate of drug-likeness (QED) is 0.632. The molecule has 0 fully saturated rings. The summed E-state index contributed by atoms with van der Waals surface area (Å²) < 4.78 is 42.2. The second-order valence-electron chi connectivity index (χ2n) is 3.68. The van der Waals surface area contributed by atoms with Gasteiger partial charge in [0.05, 0.1) is 0 Å². The van der Waals surface area contributed by atoms with Crippen LogP contribution < -0.4 is 5.73 Å². The predicted molar refractivity (Wildman–Crippen MR) is 56.8 cm³/mol. The lowest BCUT2D eigenvalue weighted by atomic mass is 9.95. The number of carbonyl (C=O) groups excluding carboxylic acids is 1. The van der Waals surface area contributed by atoms with Crippen molar-refractivity contribution in [1.82, 2.24) is 0 Å². The van der Waals surface area contributed by atoms with Crippen LogP contribution >= 0.6 is 0 Å². The third-order valence-corrected chi connectivity index (χ3v) is 2.53. The molecule has 100 valence electrons. The normalized spacial score (nSPS) is 17.0. The van der Waals surface area contributed by atoms with E-state index in [1.165, 1.54) is 18.2 Å². The second-order valence-corrected chi connectivity index (χ2v) is 3.68. The maximum absolute atomic E-state index is 12.5. The zero-order chi connectivity index (χ0) is 14.0. The lowest BCUT2D eigenvalue weighted by Crippen LogP contribution is -2.56. The minimum atomic E-state index is -4.94. The van der Waals surface area contributed by atoms with Gasteiger partial charge < -0.3 is 9.84 Å². The molecule has 1 rings (SSSR count). The number of methoxy groups -OCH3 is 1. The van der Waals surface area contributed by atoms with Gasteiger partial charge in [-0.3, -0.25) is 10.5 Å². The largest absolute Gasteiger partial charge is 0.418 e. The summed E-state index contributed by atoms with van der Waals surface area (Å²) in [4.78, 5) is 10.6. The van der Waals surface area contributed by atoms with Crippen molar-refractivity contribution in [3.63, 3.8) is 0 Å². The average molecular weight is 263 g/mol. The van der Waals surface area contributed by atoms with Crippen molar-refractivity contribution in [2.75, 3.05) is 7.11 Å². The number of aliphatic hydroxyl groups excluding tert-OH is 1. The molecule has 0 aliphatic rings. The van der Waals surface area contributed by atoms with Gasteiger partial charge in [-0.15, -0.1) is 0 Å². The molecule has 0 aliphatic carbocycles. The summed E-state index contributed by atoms with van der Waals surface area (Å²) in [7, 11) is 0.947. The SMILES string of the molecule is CO[C@@](N)(c1cccc(C=O)c1)[C@@H](O)C(F)(F)F. The van der Waals surface area contributed by atoms with Crippen molar-refractivity contribution in [3.05, 3.63) is 35.4 Å². The van der Waals surface area contributed by atoms with Gasteiger partial charge in [0.2, 0.25) is 0 Å². The molecule has 0 saturated heterocycles. The smallest absolute Gasteiger partial charge is 0.380 e. The minimum absolute atomic E-state index is 0.133. The molecule has 0 spiro atoms. The Kier molecular flexibility index (Phi) is 4.10. The maximum Gasteiger partial charge on any atom is 0.418 e. The van der Waals surface area contributed by atoms with E-state index in [9.17, 15) is 23.1 Å². The van der Waals surface area contributed by atoms with Crippen LogP contribution in [0.5, 0.6) is 0 Å². The summed E-state index contributed by atoms with van der Waals surface area (Å²) in [5.41, 5.74) is 3.00. The third-order valence-electron chi connectivity index (χ3n) is 2.53. The van der Waals surface area contributed by atoms with E-state index in [4.69, 9.17) is 5.73 Å². The van der Waals surface area contributed by atoms with Crippen molar-refractivity contribution in [1.29, 1.82) is 0 Å². The number of halogens is 3. The molecule has 4 nitrogen and oxygen atoms in total. The van der Waals surface area contributed by atoms with E-state index in [-0.39, 0.29) is 11.1 Å². The van der Waals surface area contributed by atoms with E-state index in [1.807, 2.05) is 0 Å². The Bertz CT molecular complexity index is 436. The first-order chi connectivity index (χ1) is 8.25. The Morgan fingerprint density at radius 1 is 1.44 bits per heavy atom. The highest BCUT2D eigenvalue weighted by Gasteiger charge is 2.52. The summed E-state index contributed by atoms with van der Waals surface area (Å²) in [6.07, 6.45) is -7.39. The molecule has 2 atom stereocenters. The summed E-state index contributed by atoms with van der Waals surface area (Å²) in [6, 6.07) is 5.12. The first-order valence-corrected chi connectivity index (χ1v) is 4.90. The van der Waals surface area contributed by atoms with Crippen LogP contribution in [0.3, 0.4) is 0 Å². The van der Waals surface area contributed by atoms with Crippen molar-refractivity contribution >= 4 is 6.29 Å². The van der Waals surface area contributed by atoms with Gasteiger partial charge in [-0.2, -0.15) is 13.2 Å². The van der Waals surface area contributed by atoms with Gasteiger partial charge in [-0.1, -0.05) is 18.2 Å². The first-order valence-electron chi connectivity index (χ1n) is 4.90. The fourth-order valence-corrected chi connectivity index (χ4v) is 1.49. The number of hydrogen-bond donors (Lipinski definition) is 2. The maximum atomic E-state index is 12.5. The molecule has 0 bridgehead atoms. The molecule has 1 aromatic rings. The van der Waals surface area contributed by atoms with Crippen molar-refractivity contribution in [2.24, 2.45) is 5.73 Å². The van der Waals surface area contributed by atoms with Gasteiger partial charge in [0, 0.05) is 18.2 Å². The van der Waals surface area contributed by atoms with E-state index in [2.05, 4.69) is 4.74 Å². The average Bonchev–Trinajstić information content (AvgIpc) is 2.36. The summed E-state index contributed by atoms with van der Waals surface area (Å²) in [5, 5.41) is 9.26. The highest BCUT2D eigenvalue weighted by molar-refractivity contribution is 5.75. The molecule has 18 heavy (non-hydrogen) atoms. The van der Waals surface area contributed by atoms with Crippen molar-refractivity contribution in [3.8, 4) is 0 Å². The molecular formula is C11H12F3NO3. The number of rotatable bonds is 4. The van der Waals surface area contributed by atoms with Crippen LogP contribution in [0.1, 0.15) is 15.9 Å². The Hall–Kier alpha value is -1.44. The van der Waals surface area contributed by atoms with Gasteiger partial charge in [0.1, 0.15) is 6.29 Å². The molecule has 0 amide bonds. The molecule has 7 heteroatoms. The number of alkyl halides is 3. The van der Waals surface area contributed by atoms with Crippen LogP contribution in [-0.4, -0.2) is 30.8 Å². The molecule has 0 heterocycles. The van der Waals surface area contributed by atoms with Crippen molar-refractivity contribution in [2.45, 2.75) is 18.0 Å². The number of benzene rings is 1. The number of nitrogens with two attached hydrogens (primary N) is 1. The Balaban J connectivity index is 3.25. The van der Waals surface area contributed by atoms with Crippen LogP contribution in [-0.2, 0) is 10.5 Å². The predicted octanol–water partition coefficient (Wildman–Crippen LogP) is 1.18. The molecule has 3 N–H and O–H groups in total. The second kappa shape index (κ2) is 5.05. The molecule has 1 aromatic carbocycles. The van der Waals surface area contributed by atoms with Gasteiger partial charge in [0.15, 0.2) is 11.8 Å². The first kappa shape index (κ1) is 14.6. The molecule has 0 radical (unpaired) electrons. The number of carbonyl (C=O) groups is 1. The molecular weight excluding hydrogens is 251 g/mol. The molecule has 0 saturated carbocycles. The Morgan fingerprint density at radius 2 is 2.06 bits per heavy atom. The standard InChI is InChI=1S/C11H12F3NO3/c1-18-10(15,9(17)11(12,13)14)8-4-2-3-7(5-8)6-16/h2-6,9,17H,15H2,1H3/t9-,10+/m1/s1. The molecule has 0 aliphatic heterocycles. The van der Waals surface area contributed by atoms with Gasteiger partial charge in [-0.25, -0.2) is 0 Å². The topological polar surface area (TPSA) is 72.5 Å². The van der Waals surface area contributed by atoms with Gasteiger partial charge in [0.25, 0.3) is 0 Å². The monoisotopic (exact) mass is 263 g/mol. The lowest BCUT2D eigenvalue weighted by molar-refractivity contribution is -0.265. The molecule has 0 unspecified atom stereocenters. The number of aliphatic hydroxyl groups is 1. The number of ether oxygens (including phenoxy) is 1. The highest BCUT2D eigenvalue weighted by atomic mass is 19.4. The van der Waals surface area contributed by atoms with Crippen LogP contribution in [0.2, 0.25) is 0 Å². The van der Waals surface area contributed by atoms with E-state index in [0.717, 1.165) is 13.2 Å². The van der Waals surface area contributed by atoms with Crippen LogP contribution in [0.25, 0.3) is 0 Å². The number of aldehydes is 1. The van der Waals surface area contributed by atoms with Gasteiger partial charge in [-0.05, 0) is 6.07 Å². The van der Waals surface area contributed by atoms with Crippen LogP contribution in [0, 0.1) is 0 Å². The van der Waals surface area contributed by atoms with E-state index < -0.39 is 18.0 Å². The summed E-state index contributed by atoms with van der Waals surface area (Å²) >= 11 is 0. The number of hydrogen-bond acceptors (Lipinski definition) is 4. The van der Waals surface area contributed by atoms with Gasteiger partial charge >= 0.3 is 6.18 Å². The fourth-order valence-electron chi connectivity index (χ4n) is 1.49. The summed E-state index contributed by atoms with van der Waals surface area (Å²) in [6.45, 7) is 0. The summed E-state index contributed by atoms with van der Waals surface area (Å²) in [5.74, 6) is 0. The fraction of sp³-hybridized carbons (Fsp3) is 0.364. The van der Waals surface area contributed by atoms with Crippen LogP contribution in [0.4, 0.5) is 13.2 Å². The van der Waals surface area contributed by atoms with E-state index in [0.29, 0.717) is 6.29 Å². The molecule has 0 aromatic heterocycles. The van der Waals surface area contributed by atoms with E-state index >= 15 is 0 Å². The zero-order valence-electron chi connectivity index (χ0n) is 9.44. The Morgan fingerprint density at radius 3 is 2.50 bits per heavy atom. The van der Waals surface area contributed by atoms with Crippen LogP contribution in [0.15, 0.2) is 24.3 Å².